The molecular weight excluding hydrogens is 306 g/mol. The van der Waals surface area contributed by atoms with E-state index in [1.54, 1.807) is 4.68 Å². The first kappa shape index (κ1) is 13.3. The number of thioether (sulfide) groups is 2. The molecule has 5 nitrogen and oxygen atoms in total. The van der Waals surface area contributed by atoms with Gasteiger partial charge in [-0.2, -0.15) is 10.4 Å². The van der Waals surface area contributed by atoms with E-state index in [4.69, 9.17) is 4.74 Å². The fraction of sp³-hybridized carbons (Fsp3) is 0.500. The predicted molar refractivity (Wildman–Crippen MR) is 80.7 cm³/mol. The third-order valence-electron chi connectivity index (χ3n) is 4.28. The van der Waals surface area contributed by atoms with Crippen molar-refractivity contribution in [1.82, 2.24) is 9.78 Å². The van der Waals surface area contributed by atoms with Gasteiger partial charge in [0.05, 0.1) is 12.0 Å². The summed E-state index contributed by atoms with van der Waals surface area (Å²) in [4.78, 5) is 11.8. The molecule has 21 heavy (non-hydrogen) atoms. The molecule has 0 N–H and O–H groups in total. The van der Waals surface area contributed by atoms with Crippen LogP contribution >= 0.6 is 23.5 Å². The predicted octanol–water partition coefficient (Wildman–Crippen LogP) is 2.19. The first-order valence-electron chi connectivity index (χ1n) is 6.81. The number of rotatable bonds is 3. The first-order chi connectivity index (χ1) is 10.2. The minimum atomic E-state index is -0.400. The Hall–Kier alpha value is -1.39. The van der Waals surface area contributed by atoms with Gasteiger partial charge in [-0.05, 0) is 18.3 Å². The number of carbonyl (C=O) groups excluding carboxylic acids is 1. The summed E-state index contributed by atoms with van der Waals surface area (Å²) in [5, 5.41) is 13.7. The first-order valence-corrected chi connectivity index (χ1v) is 8.78. The molecule has 2 fully saturated rings. The molecule has 1 spiro atoms. The van der Waals surface area contributed by atoms with Crippen molar-refractivity contribution in [3.05, 3.63) is 29.8 Å². The van der Waals surface area contributed by atoms with Crippen LogP contribution in [0.2, 0.25) is 0 Å². The summed E-state index contributed by atoms with van der Waals surface area (Å²) in [6.07, 6.45) is 2.27. The van der Waals surface area contributed by atoms with Crippen LogP contribution in [-0.4, -0.2) is 27.3 Å². The number of hydrogen-bond donors (Lipinski definition) is 0. The molecule has 1 saturated heterocycles. The van der Waals surface area contributed by atoms with E-state index in [2.05, 4.69) is 17.7 Å². The van der Waals surface area contributed by atoms with Crippen LogP contribution in [0.15, 0.2) is 12.8 Å². The second kappa shape index (κ2) is 4.55. The SMILES string of the molecule is C=COC(=O)Cn1nc(C#N)c2c1C1(SCCS1)[C@@H]1C[C@H]21. The minimum absolute atomic E-state index is 0.00341. The molecule has 7 heteroatoms. The molecule has 1 saturated carbocycles. The maximum Gasteiger partial charge on any atom is 0.332 e. The van der Waals surface area contributed by atoms with Gasteiger partial charge in [0.1, 0.15) is 16.7 Å². The monoisotopic (exact) mass is 319 g/mol. The van der Waals surface area contributed by atoms with Crippen molar-refractivity contribution in [2.24, 2.45) is 5.92 Å². The molecule has 0 unspecified atom stereocenters. The molecule has 2 atom stereocenters. The van der Waals surface area contributed by atoms with E-state index in [9.17, 15) is 10.1 Å². The summed E-state index contributed by atoms with van der Waals surface area (Å²) >= 11 is 3.89. The molecule has 1 aromatic heterocycles. The van der Waals surface area contributed by atoms with Crippen LogP contribution in [0.1, 0.15) is 29.3 Å². The zero-order chi connectivity index (χ0) is 14.6. The summed E-state index contributed by atoms with van der Waals surface area (Å²) in [5.74, 6) is 2.87. The fourth-order valence-electron chi connectivity index (χ4n) is 3.53. The van der Waals surface area contributed by atoms with Crippen molar-refractivity contribution in [3.63, 3.8) is 0 Å². The van der Waals surface area contributed by atoms with Crippen LogP contribution in [0.25, 0.3) is 0 Å². The number of nitriles is 1. The Morgan fingerprint density at radius 3 is 3.05 bits per heavy atom. The van der Waals surface area contributed by atoms with E-state index in [0.29, 0.717) is 17.5 Å². The summed E-state index contributed by atoms with van der Waals surface area (Å²) in [7, 11) is 0. The number of esters is 1. The third kappa shape index (κ3) is 1.72. The standard InChI is InChI=1S/C14H13N3O2S2/c1-2-19-11(18)7-17-13-12(10(6-15)16-17)8-5-9(8)14(13)20-3-4-21-14/h2,8-9H,1,3-5,7H2/t8-,9+/m0/s1. The number of fused-ring (bicyclic) bond motifs is 5. The van der Waals surface area contributed by atoms with Crippen LogP contribution in [0.3, 0.4) is 0 Å². The lowest BCUT2D eigenvalue weighted by Crippen LogP contribution is -2.23. The second-order valence-corrected chi connectivity index (χ2v) is 8.29. The highest BCUT2D eigenvalue weighted by atomic mass is 32.2. The molecule has 0 amide bonds. The van der Waals surface area contributed by atoms with Crippen LogP contribution in [-0.2, 0) is 20.2 Å². The zero-order valence-electron chi connectivity index (χ0n) is 11.2. The quantitative estimate of drug-likeness (QED) is 0.628. The Morgan fingerprint density at radius 2 is 2.38 bits per heavy atom. The molecular formula is C14H13N3O2S2. The molecule has 2 heterocycles. The summed E-state index contributed by atoms with van der Waals surface area (Å²) in [5.41, 5.74) is 2.64. The summed E-state index contributed by atoms with van der Waals surface area (Å²) in [6.45, 7) is 3.43. The van der Waals surface area contributed by atoms with Gasteiger partial charge < -0.3 is 4.74 Å². The van der Waals surface area contributed by atoms with Crippen LogP contribution in [0.4, 0.5) is 0 Å². The average molecular weight is 319 g/mol. The Kier molecular flexibility index (Phi) is 2.88. The molecule has 0 aromatic carbocycles. The molecule has 1 aliphatic heterocycles. The molecule has 3 aliphatic rings. The normalized spacial score (nSPS) is 27.0. The highest BCUT2D eigenvalue weighted by Gasteiger charge is 2.66. The summed E-state index contributed by atoms with van der Waals surface area (Å²) < 4.78 is 6.49. The summed E-state index contributed by atoms with van der Waals surface area (Å²) in [6, 6.07) is 2.19. The maximum atomic E-state index is 11.8. The smallest absolute Gasteiger partial charge is 0.332 e. The highest BCUT2D eigenvalue weighted by Crippen LogP contribution is 2.75. The van der Waals surface area contributed by atoms with Crippen LogP contribution in [0.5, 0.6) is 0 Å². The van der Waals surface area contributed by atoms with Gasteiger partial charge in [-0.15, -0.1) is 23.5 Å². The molecule has 4 rings (SSSR count). The Labute approximate surface area is 130 Å². The minimum Gasteiger partial charge on any atom is -0.434 e. The van der Waals surface area contributed by atoms with Gasteiger partial charge in [0.15, 0.2) is 5.69 Å². The van der Waals surface area contributed by atoms with Crippen molar-refractivity contribution >= 4 is 29.5 Å². The van der Waals surface area contributed by atoms with Gasteiger partial charge in [-0.25, -0.2) is 4.79 Å². The fourth-order valence-corrected chi connectivity index (χ4v) is 7.29. The third-order valence-corrected chi connectivity index (χ3v) is 7.92. The Morgan fingerprint density at radius 1 is 1.62 bits per heavy atom. The van der Waals surface area contributed by atoms with E-state index in [1.165, 1.54) is 0 Å². The second-order valence-electron chi connectivity index (χ2n) is 5.35. The van der Waals surface area contributed by atoms with Gasteiger partial charge in [0.25, 0.3) is 0 Å². The Balaban J connectivity index is 1.80. The topological polar surface area (TPSA) is 67.9 Å². The molecule has 108 valence electrons. The number of aromatic nitrogens is 2. The lowest BCUT2D eigenvalue weighted by atomic mass is 10.1. The van der Waals surface area contributed by atoms with Crippen molar-refractivity contribution in [2.45, 2.75) is 23.0 Å². The van der Waals surface area contributed by atoms with Crippen LogP contribution < -0.4 is 0 Å². The van der Waals surface area contributed by atoms with E-state index in [-0.39, 0.29) is 10.6 Å². The van der Waals surface area contributed by atoms with E-state index in [0.717, 1.165) is 35.4 Å². The number of ether oxygens (including phenoxy) is 1. The Bertz CT molecular complexity index is 685. The van der Waals surface area contributed by atoms with Crippen LogP contribution in [0, 0.1) is 17.2 Å². The van der Waals surface area contributed by atoms with Gasteiger partial charge in [0, 0.05) is 17.1 Å². The van der Waals surface area contributed by atoms with Gasteiger partial charge in [-0.1, -0.05) is 6.58 Å². The lowest BCUT2D eigenvalue weighted by molar-refractivity contribution is -0.138. The molecule has 2 aliphatic carbocycles. The van der Waals surface area contributed by atoms with Crippen molar-refractivity contribution < 1.29 is 9.53 Å². The maximum absolute atomic E-state index is 11.8. The van der Waals surface area contributed by atoms with Gasteiger partial charge in [0.2, 0.25) is 0 Å². The van der Waals surface area contributed by atoms with E-state index < -0.39 is 5.97 Å². The zero-order valence-corrected chi connectivity index (χ0v) is 12.9. The van der Waals surface area contributed by atoms with Crippen molar-refractivity contribution in [2.75, 3.05) is 11.5 Å². The molecule has 0 bridgehead atoms. The van der Waals surface area contributed by atoms with Crippen molar-refractivity contribution in [1.29, 1.82) is 5.26 Å². The number of nitrogens with zero attached hydrogens (tertiary/aromatic N) is 3. The van der Waals surface area contributed by atoms with E-state index in [1.807, 2.05) is 23.5 Å². The number of hydrogen-bond acceptors (Lipinski definition) is 6. The average Bonchev–Trinajstić information content (AvgIpc) is 2.87. The highest BCUT2D eigenvalue weighted by molar-refractivity contribution is 8.20. The molecule has 1 aromatic rings. The van der Waals surface area contributed by atoms with Gasteiger partial charge in [-0.3, -0.25) is 4.68 Å². The molecule has 0 radical (unpaired) electrons. The van der Waals surface area contributed by atoms with Crippen molar-refractivity contribution in [3.8, 4) is 6.07 Å². The van der Waals surface area contributed by atoms with Gasteiger partial charge >= 0.3 is 5.97 Å². The lowest BCUT2D eigenvalue weighted by Gasteiger charge is -2.25. The number of carbonyl (C=O) groups is 1. The largest absolute Gasteiger partial charge is 0.434 e. The van der Waals surface area contributed by atoms with E-state index >= 15 is 0 Å².